The summed E-state index contributed by atoms with van der Waals surface area (Å²) in [6.07, 6.45) is 2.14. The molecule has 0 amide bonds. The summed E-state index contributed by atoms with van der Waals surface area (Å²) in [5.41, 5.74) is 2.01. The van der Waals surface area contributed by atoms with E-state index in [9.17, 15) is 5.11 Å². The van der Waals surface area contributed by atoms with Gasteiger partial charge in [0.25, 0.3) is 0 Å². The fraction of sp³-hybridized carbons (Fsp3) is 0.514. The maximum Gasteiger partial charge on any atom is 0.187 e. The lowest BCUT2D eigenvalue weighted by Gasteiger charge is -2.36. The fourth-order valence-corrected chi connectivity index (χ4v) is 5.26. The van der Waals surface area contributed by atoms with Gasteiger partial charge in [0.1, 0.15) is 23.0 Å². The van der Waals surface area contributed by atoms with Gasteiger partial charge < -0.3 is 43.0 Å². The molecule has 2 unspecified atom stereocenters. The van der Waals surface area contributed by atoms with Crippen molar-refractivity contribution in [3.8, 4) is 23.0 Å². The third-order valence-corrected chi connectivity index (χ3v) is 7.90. The molecule has 0 aliphatic carbocycles. The Morgan fingerprint density at radius 1 is 0.630 bits per heavy atom. The smallest absolute Gasteiger partial charge is 0.187 e. The molecule has 3 aromatic carbocycles. The molecule has 0 aromatic heterocycles. The van der Waals surface area contributed by atoms with E-state index in [0.29, 0.717) is 69.5 Å². The van der Waals surface area contributed by atoms with Crippen molar-refractivity contribution in [1.82, 2.24) is 0 Å². The Kier molecular flexibility index (Phi) is 11.8. The van der Waals surface area contributed by atoms with Gasteiger partial charge in [0.15, 0.2) is 12.6 Å². The van der Waals surface area contributed by atoms with Gasteiger partial charge in [-0.25, -0.2) is 0 Å². The van der Waals surface area contributed by atoms with Crippen LogP contribution in [0.5, 0.6) is 23.0 Å². The van der Waals surface area contributed by atoms with Gasteiger partial charge in [0.2, 0.25) is 0 Å². The quantitative estimate of drug-likeness (QED) is 0.172. The van der Waals surface area contributed by atoms with E-state index < -0.39 is 12.6 Å². The van der Waals surface area contributed by atoms with Gasteiger partial charge in [0.05, 0.1) is 57.5 Å². The Morgan fingerprint density at radius 3 is 1.50 bits per heavy atom. The molecule has 0 spiro atoms. The summed E-state index contributed by atoms with van der Waals surface area (Å²) in [5, 5.41) is 9.80. The van der Waals surface area contributed by atoms with Crippen molar-refractivity contribution < 1.29 is 43.0 Å². The number of aliphatic hydroxyl groups is 1. The minimum atomic E-state index is -0.448. The third-order valence-electron chi connectivity index (χ3n) is 7.90. The molecule has 0 saturated carbocycles. The van der Waals surface area contributed by atoms with Gasteiger partial charge in [-0.1, -0.05) is 36.4 Å². The monoisotopic (exact) mass is 636 g/mol. The maximum atomic E-state index is 9.80. The largest absolute Gasteiger partial charge is 0.493 e. The maximum absolute atomic E-state index is 9.80. The lowest BCUT2D eigenvalue weighted by atomic mass is 10.0. The van der Waals surface area contributed by atoms with Gasteiger partial charge >= 0.3 is 0 Å². The third kappa shape index (κ3) is 9.83. The van der Waals surface area contributed by atoms with E-state index in [2.05, 4.69) is 27.7 Å². The number of rotatable bonds is 15. The topological polar surface area (TPSA) is 94.1 Å². The molecule has 2 aliphatic heterocycles. The van der Waals surface area contributed by atoms with Crippen LogP contribution in [0.4, 0.5) is 0 Å². The standard InChI is InChI=1S/C37H48O9/c1-36(2)15-21-43-34(45-36)30-11-5-7-13-32(30)41-19-9-17-39-28-23-27(26-38)24-29(25-28)40-18-10-20-42-33-14-8-6-12-31(33)35-44-22-16-37(3,4)46-35/h5-8,11-14,23-25,34-35,38H,9-10,15-22,26H2,1-4H3. The number of aliphatic hydroxyl groups excluding tert-OH is 1. The molecule has 2 aliphatic rings. The summed E-state index contributed by atoms with van der Waals surface area (Å²) in [4.78, 5) is 0. The second-order valence-corrected chi connectivity index (χ2v) is 12.8. The van der Waals surface area contributed by atoms with Crippen LogP contribution in [-0.4, -0.2) is 55.9 Å². The lowest BCUT2D eigenvalue weighted by Crippen LogP contribution is -2.34. The van der Waals surface area contributed by atoms with E-state index in [-0.39, 0.29) is 17.8 Å². The van der Waals surface area contributed by atoms with Crippen LogP contribution in [0.1, 0.15) is 82.6 Å². The Morgan fingerprint density at radius 2 is 1.07 bits per heavy atom. The number of hydrogen-bond donors (Lipinski definition) is 1. The molecular weight excluding hydrogens is 588 g/mol. The van der Waals surface area contributed by atoms with E-state index in [0.717, 1.165) is 35.5 Å². The number of para-hydroxylation sites is 2. The summed E-state index contributed by atoms with van der Waals surface area (Å²) in [6, 6.07) is 21.1. The highest BCUT2D eigenvalue weighted by atomic mass is 16.7. The first-order valence-electron chi connectivity index (χ1n) is 16.2. The minimum absolute atomic E-state index is 0.114. The summed E-state index contributed by atoms with van der Waals surface area (Å²) < 4.78 is 48.2. The highest BCUT2D eigenvalue weighted by Gasteiger charge is 2.32. The van der Waals surface area contributed by atoms with Crippen LogP contribution in [0.15, 0.2) is 66.7 Å². The molecule has 1 N–H and O–H groups in total. The van der Waals surface area contributed by atoms with E-state index in [1.54, 1.807) is 0 Å². The van der Waals surface area contributed by atoms with Crippen molar-refractivity contribution in [2.75, 3.05) is 39.6 Å². The molecule has 2 fully saturated rings. The zero-order valence-corrected chi connectivity index (χ0v) is 27.5. The van der Waals surface area contributed by atoms with Crippen LogP contribution < -0.4 is 18.9 Å². The average molecular weight is 637 g/mol. The number of benzene rings is 3. The zero-order chi connectivity index (χ0) is 32.4. The van der Waals surface area contributed by atoms with Crippen LogP contribution in [0.2, 0.25) is 0 Å². The highest BCUT2D eigenvalue weighted by Crippen LogP contribution is 2.38. The minimum Gasteiger partial charge on any atom is -0.493 e. The van der Waals surface area contributed by atoms with E-state index >= 15 is 0 Å². The van der Waals surface area contributed by atoms with Crippen LogP contribution in [0.25, 0.3) is 0 Å². The molecule has 0 bridgehead atoms. The molecule has 5 rings (SSSR count). The number of hydrogen-bond acceptors (Lipinski definition) is 9. The molecule has 3 aromatic rings. The van der Waals surface area contributed by atoms with Crippen LogP contribution in [0, 0.1) is 0 Å². The fourth-order valence-electron chi connectivity index (χ4n) is 5.26. The number of ether oxygens (including phenoxy) is 8. The van der Waals surface area contributed by atoms with Crippen molar-refractivity contribution >= 4 is 0 Å². The van der Waals surface area contributed by atoms with Crippen LogP contribution in [-0.2, 0) is 25.6 Å². The van der Waals surface area contributed by atoms with Gasteiger partial charge in [-0.2, -0.15) is 0 Å². The second kappa shape index (κ2) is 16.0. The molecule has 0 radical (unpaired) electrons. The summed E-state index contributed by atoms with van der Waals surface area (Å²) in [6.45, 7) is 11.3. The predicted molar refractivity (Wildman–Crippen MR) is 173 cm³/mol. The SMILES string of the molecule is CC1(C)CCOC(c2ccccc2OCCCOc2cc(CO)cc(OCCCOc3ccccc3C3OCCC(C)(C)O3)c2)O1. The van der Waals surface area contributed by atoms with Gasteiger partial charge in [-0.15, -0.1) is 0 Å². The molecule has 46 heavy (non-hydrogen) atoms. The van der Waals surface area contributed by atoms with Crippen molar-refractivity contribution in [2.45, 2.75) is 83.8 Å². The van der Waals surface area contributed by atoms with Gasteiger partial charge in [-0.05, 0) is 70.4 Å². The van der Waals surface area contributed by atoms with Crippen molar-refractivity contribution in [3.05, 3.63) is 83.4 Å². The van der Waals surface area contributed by atoms with E-state index in [4.69, 9.17) is 37.9 Å². The first-order valence-corrected chi connectivity index (χ1v) is 16.2. The van der Waals surface area contributed by atoms with Crippen molar-refractivity contribution in [3.63, 3.8) is 0 Å². The molecule has 2 atom stereocenters. The van der Waals surface area contributed by atoms with Crippen LogP contribution in [0.3, 0.4) is 0 Å². The molecule has 250 valence electrons. The Labute approximate surface area is 272 Å². The Bertz CT molecular complexity index is 1290. The first kappa shape index (κ1) is 34.0. The normalized spacial score (nSPS) is 20.5. The second-order valence-electron chi connectivity index (χ2n) is 12.8. The van der Waals surface area contributed by atoms with Crippen molar-refractivity contribution in [1.29, 1.82) is 0 Å². The average Bonchev–Trinajstić information content (AvgIpc) is 3.04. The molecule has 2 heterocycles. The lowest BCUT2D eigenvalue weighted by molar-refractivity contribution is -0.250. The predicted octanol–water partition coefficient (Wildman–Crippen LogP) is 7.30. The van der Waals surface area contributed by atoms with E-state index in [1.807, 2.05) is 66.7 Å². The van der Waals surface area contributed by atoms with E-state index in [1.165, 1.54) is 0 Å². The Hall–Kier alpha value is -3.34. The van der Waals surface area contributed by atoms with Crippen LogP contribution >= 0.6 is 0 Å². The van der Waals surface area contributed by atoms with Gasteiger partial charge in [-0.3, -0.25) is 0 Å². The molecule has 9 heteroatoms. The summed E-state index contributed by atoms with van der Waals surface area (Å²) in [5.74, 6) is 2.76. The zero-order valence-electron chi connectivity index (χ0n) is 27.5. The van der Waals surface area contributed by atoms with Crippen molar-refractivity contribution in [2.24, 2.45) is 0 Å². The van der Waals surface area contributed by atoms with Gasteiger partial charge in [0, 0.05) is 30.0 Å². The Balaban J connectivity index is 1.06. The summed E-state index contributed by atoms with van der Waals surface area (Å²) in [7, 11) is 0. The molecule has 9 nitrogen and oxygen atoms in total. The molecule has 2 saturated heterocycles. The first-order chi connectivity index (χ1) is 22.2. The summed E-state index contributed by atoms with van der Waals surface area (Å²) >= 11 is 0. The highest BCUT2D eigenvalue weighted by molar-refractivity contribution is 5.38. The molecular formula is C37H48O9.